The monoisotopic (exact) mass is 282 g/mol. The van der Waals surface area contributed by atoms with Crippen LogP contribution in [-0.4, -0.2) is 7.11 Å². The van der Waals surface area contributed by atoms with Crippen molar-refractivity contribution in [3.05, 3.63) is 26.9 Å². The van der Waals surface area contributed by atoms with Crippen LogP contribution in [0.2, 0.25) is 0 Å². The van der Waals surface area contributed by atoms with Gasteiger partial charge in [-0.3, -0.25) is 0 Å². The van der Waals surface area contributed by atoms with Gasteiger partial charge in [-0.15, -0.1) is 0 Å². The molecule has 0 aromatic heterocycles. The summed E-state index contributed by atoms with van der Waals surface area (Å²) in [7, 11) is 1.43. The molecular weight excluding hydrogens is 279 g/mol. The quantitative estimate of drug-likeness (QED) is 0.718. The van der Waals surface area contributed by atoms with E-state index in [2.05, 4.69) is 31.9 Å². The van der Waals surface area contributed by atoms with E-state index >= 15 is 0 Å². The highest BCUT2D eigenvalue weighted by molar-refractivity contribution is 9.13. The molecule has 0 N–H and O–H groups in total. The Hall–Kier alpha value is -0.0900. The Morgan fingerprint density at radius 2 is 1.82 bits per heavy atom. The van der Waals surface area contributed by atoms with Crippen LogP contribution >= 0.6 is 31.9 Å². The van der Waals surface area contributed by atoms with Gasteiger partial charge in [0.1, 0.15) is 0 Å². The summed E-state index contributed by atoms with van der Waals surface area (Å²) in [5.74, 6) is -0.136. The fourth-order valence-electron chi connectivity index (χ4n) is 0.661. The number of benzene rings is 1. The third-order valence-corrected chi connectivity index (χ3v) is 3.04. The smallest absolute Gasteiger partial charge is 0.166 e. The molecule has 0 unspecified atom stereocenters. The fraction of sp³-hybridized carbons (Fsp3) is 0.143. The maximum Gasteiger partial charge on any atom is 0.166 e. The Kier molecular flexibility index (Phi) is 2.90. The summed E-state index contributed by atoms with van der Waals surface area (Å²) < 4.78 is 19.1. The Morgan fingerprint density at radius 1 is 1.27 bits per heavy atom. The first-order valence-corrected chi connectivity index (χ1v) is 4.42. The average Bonchev–Trinajstić information content (AvgIpc) is 1.97. The zero-order chi connectivity index (χ0) is 8.43. The lowest BCUT2D eigenvalue weighted by Gasteiger charge is -2.02. The summed E-state index contributed by atoms with van der Waals surface area (Å²) in [5.41, 5.74) is 0. The molecule has 1 aromatic rings. The van der Waals surface area contributed by atoms with E-state index in [9.17, 15) is 4.39 Å². The Labute approximate surface area is 80.8 Å². The molecule has 1 nitrogen and oxygen atoms in total. The van der Waals surface area contributed by atoms with E-state index in [1.165, 1.54) is 13.2 Å². The van der Waals surface area contributed by atoms with E-state index in [1.54, 1.807) is 6.07 Å². The normalized spacial score (nSPS) is 9.82. The standard InChI is InChI=1S/C7H5Br2FO/c1-11-7-3-5(9)4(8)2-6(7)10/h2-3H,1H3. The van der Waals surface area contributed by atoms with Gasteiger partial charge >= 0.3 is 0 Å². The Morgan fingerprint density at radius 3 is 2.36 bits per heavy atom. The lowest BCUT2D eigenvalue weighted by molar-refractivity contribution is 0.386. The summed E-state index contributed by atoms with van der Waals surface area (Å²) in [4.78, 5) is 0. The molecule has 0 saturated heterocycles. The summed E-state index contributed by atoms with van der Waals surface area (Å²) in [5, 5.41) is 0. The maximum absolute atomic E-state index is 12.9. The van der Waals surface area contributed by atoms with Gasteiger partial charge in [-0.25, -0.2) is 4.39 Å². The van der Waals surface area contributed by atoms with Gasteiger partial charge in [0.25, 0.3) is 0 Å². The summed E-state index contributed by atoms with van der Waals surface area (Å²) >= 11 is 6.39. The van der Waals surface area contributed by atoms with Gasteiger partial charge in [0.05, 0.1) is 7.11 Å². The van der Waals surface area contributed by atoms with Gasteiger partial charge in [-0.05, 0) is 44.0 Å². The second-order valence-electron chi connectivity index (χ2n) is 1.90. The highest BCUT2D eigenvalue weighted by Gasteiger charge is 2.05. The van der Waals surface area contributed by atoms with Crippen LogP contribution in [-0.2, 0) is 0 Å². The Balaban J connectivity index is 3.21. The molecule has 0 aliphatic rings. The number of methoxy groups -OCH3 is 1. The first-order chi connectivity index (χ1) is 5.15. The highest BCUT2D eigenvalue weighted by atomic mass is 79.9. The zero-order valence-electron chi connectivity index (χ0n) is 5.70. The third-order valence-electron chi connectivity index (χ3n) is 1.19. The van der Waals surface area contributed by atoms with E-state index < -0.39 is 0 Å². The van der Waals surface area contributed by atoms with E-state index in [1.807, 2.05) is 0 Å². The van der Waals surface area contributed by atoms with Crippen LogP contribution in [0.5, 0.6) is 5.75 Å². The summed E-state index contributed by atoms with van der Waals surface area (Å²) in [6, 6.07) is 2.92. The van der Waals surface area contributed by atoms with Gasteiger partial charge in [0.2, 0.25) is 0 Å². The van der Waals surface area contributed by atoms with Gasteiger partial charge in [0.15, 0.2) is 11.6 Å². The van der Waals surface area contributed by atoms with Gasteiger partial charge in [-0.2, -0.15) is 0 Å². The van der Waals surface area contributed by atoms with Crippen molar-refractivity contribution < 1.29 is 9.13 Å². The van der Waals surface area contributed by atoms with Crippen LogP contribution in [0.4, 0.5) is 4.39 Å². The minimum atomic E-state index is -0.373. The van der Waals surface area contributed by atoms with Crippen molar-refractivity contribution in [2.24, 2.45) is 0 Å². The molecule has 1 aromatic carbocycles. The van der Waals surface area contributed by atoms with Crippen molar-refractivity contribution in [2.75, 3.05) is 7.11 Å². The second-order valence-corrected chi connectivity index (χ2v) is 3.61. The largest absolute Gasteiger partial charge is 0.494 e. The number of hydrogen-bond donors (Lipinski definition) is 0. The maximum atomic E-state index is 12.9. The molecule has 0 bridgehead atoms. The molecule has 1 rings (SSSR count). The molecule has 0 spiro atoms. The molecule has 4 heteroatoms. The van der Waals surface area contributed by atoms with Gasteiger partial charge < -0.3 is 4.74 Å². The lowest BCUT2D eigenvalue weighted by Crippen LogP contribution is -1.87. The molecule has 0 saturated carbocycles. The van der Waals surface area contributed by atoms with Crippen molar-refractivity contribution in [3.63, 3.8) is 0 Å². The van der Waals surface area contributed by atoms with Crippen LogP contribution in [0.25, 0.3) is 0 Å². The average molecular weight is 284 g/mol. The van der Waals surface area contributed by atoms with Crippen molar-refractivity contribution in [2.45, 2.75) is 0 Å². The minimum Gasteiger partial charge on any atom is -0.494 e. The lowest BCUT2D eigenvalue weighted by atomic mass is 10.3. The number of halogens is 3. The molecule has 0 amide bonds. The molecule has 0 radical (unpaired) electrons. The van der Waals surface area contributed by atoms with Crippen molar-refractivity contribution in [1.82, 2.24) is 0 Å². The molecule has 11 heavy (non-hydrogen) atoms. The van der Waals surface area contributed by atoms with Crippen LogP contribution in [0, 0.1) is 5.82 Å². The predicted octanol–water partition coefficient (Wildman–Crippen LogP) is 3.36. The van der Waals surface area contributed by atoms with E-state index in [4.69, 9.17) is 4.74 Å². The van der Waals surface area contributed by atoms with E-state index in [0.29, 0.717) is 4.47 Å². The topological polar surface area (TPSA) is 9.23 Å². The molecule has 0 aliphatic carbocycles. The molecular formula is C7H5Br2FO. The van der Waals surface area contributed by atoms with Gasteiger partial charge in [0, 0.05) is 8.95 Å². The van der Waals surface area contributed by atoms with E-state index in [-0.39, 0.29) is 11.6 Å². The SMILES string of the molecule is COc1cc(Br)c(Br)cc1F. The number of hydrogen-bond acceptors (Lipinski definition) is 1. The molecule has 60 valence electrons. The Bertz CT molecular complexity index is 275. The van der Waals surface area contributed by atoms with Crippen molar-refractivity contribution in [1.29, 1.82) is 0 Å². The van der Waals surface area contributed by atoms with Gasteiger partial charge in [-0.1, -0.05) is 0 Å². The molecule has 0 fully saturated rings. The minimum absolute atomic E-state index is 0.236. The third kappa shape index (κ3) is 1.93. The van der Waals surface area contributed by atoms with Crippen LogP contribution in [0.15, 0.2) is 21.1 Å². The first-order valence-electron chi connectivity index (χ1n) is 2.83. The fourth-order valence-corrected chi connectivity index (χ4v) is 1.30. The molecule has 0 aliphatic heterocycles. The van der Waals surface area contributed by atoms with E-state index in [0.717, 1.165) is 4.47 Å². The number of rotatable bonds is 1. The first kappa shape index (κ1) is 9.00. The summed E-state index contributed by atoms with van der Waals surface area (Å²) in [6.45, 7) is 0. The van der Waals surface area contributed by atoms with Crippen molar-refractivity contribution >= 4 is 31.9 Å². The molecule has 0 atom stereocenters. The van der Waals surface area contributed by atoms with Crippen molar-refractivity contribution in [3.8, 4) is 5.75 Å². The highest BCUT2D eigenvalue weighted by Crippen LogP contribution is 2.29. The number of ether oxygens (including phenoxy) is 1. The van der Waals surface area contributed by atoms with Crippen LogP contribution in [0.3, 0.4) is 0 Å². The summed E-state index contributed by atoms with van der Waals surface area (Å²) in [6.07, 6.45) is 0. The zero-order valence-corrected chi connectivity index (χ0v) is 8.87. The molecule has 0 heterocycles. The second kappa shape index (κ2) is 3.54. The van der Waals surface area contributed by atoms with Crippen LogP contribution < -0.4 is 4.74 Å². The van der Waals surface area contributed by atoms with Crippen LogP contribution in [0.1, 0.15) is 0 Å². The predicted molar refractivity (Wildman–Crippen MR) is 48.4 cm³/mol.